The summed E-state index contributed by atoms with van der Waals surface area (Å²) in [4.78, 5) is 28.8. The average Bonchev–Trinajstić information content (AvgIpc) is 3.03. The van der Waals surface area contributed by atoms with Crippen LogP contribution in [0.1, 0.15) is 52.4 Å². The number of aromatic nitrogens is 1. The molecule has 1 aromatic heterocycles. The van der Waals surface area contributed by atoms with Crippen molar-refractivity contribution in [3.05, 3.63) is 18.2 Å². The molecule has 3 amide bonds. The van der Waals surface area contributed by atoms with Crippen molar-refractivity contribution in [3.8, 4) is 0 Å². The summed E-state index contributed by atoms with van der Waals surface area (Å²) in [5.74, 6) is 0.187. The first-order valence-corrected chi connectivity index (χ1v) is 10.2. The van der Waals surface area contributed by atoms with Crippen molar-refractivity contribution < 1.29 is 9.59 Å². The molecule has 0 saturated heterocycles. The molecule has 6 nitrogen and oxygen atoms in total. The Morgan fingerprint density at radius 1 is 1.23 bits per heavy atom. The molecule has 1 atom stereocenters. The maximum absolute atomic E-state index is 12.4. The number of rotatable bonds is 5. The highest BCUT2D eigenvalue weighted by Gasteiger charge is 2.22. The number of benzene rings is 1. The van der Waals surface area contributed by atoms with E-state index in [0.29, 0.717) is 10.8 Å². The number of fused-ring (bicyclic) bond motifs is 1. The van der Waals surface area contributed by atoms with Gasteiger partial charge in [-0.25, -0.2) is 9.78 Å². The number of anilines is 2. The molecule has 1 aromatic carbocycles. The summed E-state index contributed by atoms with van der Waals surface area (Å²) in [5.41, 5.74) is 1.46. The molecule has 2 aromatic rings. The van der Waals surface area contributed by atoms with E-state index < -0.39 is 0 Å². The van der Waals surface area contributed by atoms with Gasteiger partial charge in [0.25, 0.3) is 0 Å². The van der Waals surface area contributed by atoms with Gasteiger partial charge in [0.05, 0.1) is 10.2 Å². The molecular formula is C19H26N4O2S. The van der Waals surface area contributed by atoms with Crippen molar-refractivity contribution in [1.29, 1.82) is 0 Å². The lowest BCUT2D eigenvalue weighted by molar-refractivity contribution is -0.120. The second-order valence-electron chi connectivity index (χ2n) is 6.93. The molecular weight excluding hydrogens is 348 g/mol. The van der Waals surface area contributed by atoms with Crippen LogP contribution < -0.4 is 16.0 Å². The fourth-order valence-corrected chi connectivity index (χ4v) is 3.97. The summed E-state index contributed by atoms with van der Waals surface area (Å²) in [6.07, 6.45) is 6.30. The van der Waals surface area contributed by atoms with E-state index in [1.54, 1.807) is 0 Å². The maximum Gasteiger partial charge on any atom is 0.319 e. The number of urea groups is 1. The van der Waals surface area contributed by atoms with Crippen LogP contribution >= 0.6 is 11.3 Å². The third-order valence-electron chi connectivity index (χ3n) is 4.84. The van der Waals surface area contributed by atoms with Crippen LogP contribution in [-0.2, 0) is 4.79 Å². The van der Waals surface area contributed by atoms with Crippen molar-refractivity contribution in [1.82, 2.24) is 10.3 Å². The number of carbonyl (C=O) groups is 2. The van der Waals surface area contributed by atoms with E-state index in [1.807, 2.05) is 32.0 Å². The van der Waals surface area contributed by atoms with Crippen LogP contribution in [0.2, 0.25) is 0 Å². The number of amides is 3. The molecule has 1 heterocycles. The van der Waals surface area contributed by atoms with Gasteiger partial charge in [-0.15, -0.1) is 0 Å². The van der Waals surface area contributed by atoms with Gasteiger partial charge < -0.3 is 16.0 Å². The Labute approximate surface area is 157 Å². The summed E-state index contributed by atoms with van der Waals surface area (Å²) < 4.78 is 0.983. The summed E-state index contributed by atoms with van der Waals surface area (Å²) >= 11 is 1.46. The highest BCUT2D eigenvalue weighted by molar-refractivity contribution is 7.22. The molecule has 0 radical (unpaired) electrons. The molecule has 0 bridgehead atoms. The van der Waals surface area contributed by atoms with E-state index in [2.05, 4.69) is 20.9 Å². The first kappa shape index (κ1) is 18.6. The zero-order valence-corrected chi connectivity index (χ0v) is 16.1. The van der Waals surface area contributed by atoms with E-state index >= 15 is 0 Å². The summed E-state index contributed by atoms with van der Waals surface area (Å²) in [6.45, 7) is 3.99. The van der Waals surface area contributed by atoms with E-state index in [1.165, 1.54) is 17.8 Å². The molecule has 26 heavy (non-hydrogen) atoms. The van der Waals surface area contributed by atoms with E-state index in [9.17, 15) is 9.59 Å². The van der Waals surface area contributed by atoms with E-state index in [4.69, 9.17) is 0 Å². The predicted octanol–water partition coefficient (Wildman–Crippen LogP) is 4.74. The van der Waals surface area contributed by atoms with Crippen LogP contribution in [0, 0.1) is 5.92 Å². The Balaban J connectivity index is 1.65. The van der Waals surface area contributed by atoms with Gasteiger partial charge >= 0.3 is 6.03 Å². The fraction of sp³-hybridized carbons (Fsp3) is 0.526. The zero-order valence-electron chi connectivity index (χ0n) is 15.3. The predicted molar refractivity (Wildman–Crippen MR) is 107 cm³/mol. The largest absolute Gasteiger partial charge is 0.335 e. The van der Waals surface area contributed by atoms with Gasteiger partial charge in [0.1, 0.15) is 0 Å². The van der Waals surface area contributed by atoms with Crippen molar-refractivity contribution in [3.63, 3.8) is 0 Å². The number of thiazole rings is 1. The first-order valence-electron chi connectivity index (χ1n) is 9.34. The Bertz CT molecular complexity index is 783. The Morgan fingerprint density at radius 3 is 2.73 bits per heavy atom. The van der Waals surface area contributed by atoms with Crippen molar-refractivity contribution >= 4 is 44.3 Å². The smallest absolute Gasteiger partial charge is 0.319 e. The van der Waals surface area contributed by atoms with Gasteiger partial charge in [-0.2, -0.15) is 0 Å². The van der Waals surface area contributed by atoms with Gasteiger partial charge in [-0.05, 0) is 44.4 Å². The standard InChI is InChI=1S/C19H26N4O2S/c1-3-12(2)20-18(25)21-14-9-10-16-15(11-14)22-19(26-16)23-17(24)13-7-5-4-6-8-13/h9-13H,3-8H2,1-2H3,(H2,20,21,25)(H,22,23,24)/t12-/m0/s1. The number of nitrogens with one attached hydrogen (secondary N) is 3. The molecule has 3 rings (SSSR count). The van der Waals surface area contributed by atoms with Crippen molar-refractivity contribution in [2.24, 2.45) is 5.92 Å². The van der Waals surface area contributed by atoms with Gasteiger partial charge in [0.2, 0.25) is 5.91 Å². The summed E-state index contributed by atoms with van der Waals surface area (Å²) in [7, 11) is 0. The van der Waals surface area contributed by atoms with Crippen LogP contribution in [0.15, 0.2) is 18.2 Å². The van der Waals surface area contributed by atoms with Crippen LogP contribution in [0.4, 0.5) is 15.6 Å². The lowest BCUT2D eigenvalue weighted by Crippen LogP contribution is -2.35. The molecule has 0 aliphatic heterocycles. The third-order valence-corrected chi connectivity index (χ3v) is 5.79. The Hall–Kier alpha value is -2.15. The molecule has 1 saturated carbocycles. The molecule has 1 aliphatic carbocycles. The van der Waals surface area contributed by atoms with E-state index in [-0.39, 0.29) is 23.9 Å². The second-order valence-corrected chi connectivity index (χ2v) is 7.96. The molecule has 0 spiro atoms. The second kappa shape index (κ2) is 8.49. The van der Waals surface area contributed by atoms with Crippen LogP contribution in [0.3, 0.4) is 0 Å². The minimum atomic E-state index is -0.222. The average molecular weight is 375 g/mol. The first-order chi connectivity index (χ1) is 12.5. The highest BCUT2D eigenvalue weighted by atomic mass is 32.1. The SMILES string of the molecule is CC[C@H](C)NC(=O)Nc1ccc2sc(NC(=O)C3CCCCC3)nc2c1. The molecule has 140 valence electrons. The normalized spacial score (nSPS) is 16.2. The van der Waals surface area contributed by atoms with Gasteiger partial charge in [-0.3, -0.25) is 4.79 Å². The van der Waals surface area contributed by atoms with Gasteiger partial charge in [-0.1, -0.05) is 37.5 Å². The van der Waals surface area contributed by atoms with Gasteiger partial charge in [0.15, 0.2) is 5.13 Å². The van der Waals surface area contributed by atoms with E-state index in [0.717, 1.165) is 42.3 Å². The Kier molecular flexibility index (Phi) is 6.08. The number of hydrogen-bond acceptors (Lipinski definition) is 4. The minimum absolute atomic E-state index is 0.0787. The lowest BCUT2D eigenvalue weighted by atomic mass is 9.89. The highest BCUT2D eigenvalue weighted by Crippen LogP contribution is 2.30. The molecule has 7 heteroatoms. The maximum atomic E-state index is 12.4. The number of hydrogen-bond donors (Lipinski definition) is 3. The lowest BCUT2D eigenvalue weighted by Gasteiger charge is -2.19. The van der Waals surface area contributed by atoms with Crippen LogP contribution in [0.25, 0.3) is 10.2 Å². The topological polar surface area (TPSA) is 83.1 Å². The fourth-order valence-electron chi connectivity index (χ4n) is 3.12. The quantitative estimate of drug-likeness (QED) is 0.707. The van der Waals surface area contributed by atoms with Crippen molar-refractivity contribution in [2.45, 2.75) is 58.4 Å². The van der Waals surface area contributed by atoms with Crippen LogP contribution in [-0.4, -0.2) is 23.0 Å². The molecule has 3 N–H and O–H groups in total. The monoisotopic (exact) mass is 374 g/mol. The molecule has 1 fully saturated rings. The third kappa shape index (κ3) is 4.72. The van der Waals surface area contributed by atoms with Crippen molar-refractivity contribution in [2.75, 3.05) is 10.6 Å². The number of carbonyl (C=O) groups excluding carboxylic acids is 2. The number of nitrogens with zero attached hydrogens (tertiary/aromatic N) is 1. The van der Waals surface area contributed by atoms with Crippen LogP contribution in [0.5, 0.6) is 0 Å². The Morgan fingerprint density at radius 2 is 2.00 bits per heavy atom. The minimum Gasteiger partial charge on any atom is -0.335 e. The molecule has 1 aliphatic rings. The van der Waals surface area contributed by atoms with Gasteiger partial charge in [0, 0.05) is 17.6 Å². The summed E-state index contributed by atoms with van der Waals surface area (Å²) in [6, 6.07) is 5.50. The molecule has 0 unspecified atom stereocenters. The summed E-state index contributed by atoms with van der Waals surface area (Å²) in [5, 5.41) is 9.28. The zero-order chi connectivity index (χ0) is 18.5.